The van der Waals surface area contributed by atoms with Gasteiger partial charge < -0.3 is 10.4 Å². The van der Waals surface area contributed by atoms with Crippen molar-refractivity contribution >= 4 is 0 Å². The molecule has 2 N–H and O–H groups in total. The third-order valence-corrected chi connectivity index (χ3v) is 2.86. The van der Waals surface area contributed by atoms with Crippen LogP contribution in [0.4, 0.5) is 8.78 Å². The van der Waals surface area contributed by atoms with Crippen molar-refractivity contribution in [3.05, 3.63) is 0 Å². The molecule has 1 saturated carbocycles. The number of halogens is 2. The molecule has 1 aliphatic rings. The van der Waals surface area contributed by atoms with Crippen LogP contribution in [-0.4, -0.2) is 30.2 Å². The standard InChI is InChI=1S/C10H19F2NO/c1-7(10(11)12)13-6-8-3-2-4-9(14)5-8/h7-10,13-14H,2-6H2,1H3. The van der Waals surface area contributed by atoms with Crippen LogP contribution >= 0.6 is 0 Å². The van der Waals surface area contributed by atoms with Gasteiger partial charge in [0.15, 0.2) is 0 Å². The minimum atomic E-state index is -2.30. The molecule has 0 bridgehead atoms. The first-order chi connectivity index (χ1) is 6.59. The summed E-state index contributed by atoms with van der Waals surface area (Å²) in [6.45, 7) is 2.09. The fraction of sp³-hybridized carbons (Fsp3) is 1.00. The normalized spacial score (nSPS) is 30.6. The molecule has 0 spiro atoms. The molecule has 3 unspecified atom stereocenters. The van der Waals surface area contributed by atoms with Crippen molar-refractivity contribution in [2.24, 2.45) is 5.92 Å². The second-order valence-corrected chi connectivity index (χ2v) is 4.22. The van der Waals surface area contributed by atoms with Gasteiger partial charge in [0.25, 0.3) is 6.43 Å². The highest BCUT2D eigenvalue weighted by atomic mass is 19.3. The van der Waals surface area contributed by atoms with Gasteiger partial charge in [-0.05, 0) is 38.6 Å². The van der Waals surface area contributed by atoms with Crippen LogP contribution in [-0.2, 0) is 0 Å². The van der Waals surface area contributed by atoms with Gasteiger partial charge in [-0.1, -0.05) is 6.42 Å². The van der Waals surface area contributed by atoms with Gasteiger partial charge in [0.2, 0.25) is 0 Å². The van der Waals surface area contributed by atoms with Gasteiger partial charge in [0, 0.05) is 0 Å². The van der Waals surface area contributed by atoms with Crippen LogP contribution in [0.25, 0.3) is 0 Å². The van der Waals surface area contributed by atoms with Gasteiger partial charge in [0.05, 0.1) is 12.1 Å². The summed E-state index contributed by atoms with van der Waals surface area (Å²) in [5.74, 6) is 0.361. The van der Waals surface area contributed by atoms with E-state index in [2.05, 4.69) is 5.32 Å². The molecule has 0 aliphatic heterocycles. The quantitative estimate of drug-likeness (QED) is 0.736. The molecular weight excluding hydrogens is 188 g/mol. The van der Waals surface area contributed by atoms with Crippen LogP contribution in [0.15, 0.2) is 0 Å². The van der Waals surface area contributed by atoms with Crippen LogP contribution in [0, 0.1) is 5.92 Å². The summed E-state index contributed by atoms with van der Waals surface area (Å²) in [6, 6.07) is -0.742. The highest BCUT2D eigenvalue weighted by Gasteiger charge is 2.21. The van der Waals surface area contributed by atoms with Crippen molar-refractivity contribution in [2.75, 3.05) is 6.54 Å². The third kappa shape index (κ3) is 3.88. The smallest absolute Gasteiger partial charge is 0.253 e. The number of alkyl halides is 2. The lowest BCUT2D eigenvalue weighted by Crippen LogP contribution is -2.38. The molecule has 0 radical (unpaired) electrons. The lowest BCUT2D eigenvalue weighted by atomic mass is 9.87. The fourth-order valence-electron chi connectivity index (χ4n) is 1.89. The summed E-state index contributed by atoms with van der Waals surface area (Å²) in [5, 5.41) is 12.2. The third-order valence-electron chi connectivity index (χ3n) is 2.86. The highest BCUT2D eigenvalue weighted by molar-refractivity contribution is 4.75. The van der Waals surface area contributed by atoms with Gasteiger partial charge >= 0.3 is 0 Å². The Morgan fingerprint density at radius 3 is 2.71 bits per heavy atom. The summed E-state index contributed by atoms with van der Waals surface area (Å²) >= 11 is 0. The zero-order valence-electron chi connectivity index (χ0n) is 8.55. The number of hydrogen-bond acceptors (Lipinski definition) is 2. The number of nitrogens with one attached hydrogen (secondary N) is 1. The van der Waals surface area contributed by atoms with Crippen molar-refractivity contribution in [2.45, 2.75) is 51.2 Å². The first-order valence-corrected chi connectivity index (χ1v) is 5.29. The second-order valence-electron chi connectivity index (χ2n) is 4.22. The van der Waals surface area contributed by atoms with Crippen LogP contribution in [0.1, 0.15) is 32.6 Å². The molecule has 84 valence electrons. The van der Waals surface area contributed by atoms with Gasteiger partial charge in [0.1, 0.15) is 0 Å². The SMILES string of the molecule is CC(NCC1CCCC(O)C1)C(F)F. The van der Waals surface area contributed by atoms with E-state index >= 15 is 0 Å². The molecule has 0 amide bonds. The maximum absolute atomic E-state index is 12.1. The Morgan fingerprint density at radius 1 is 1.43 bits per heavy atom. The monoisotopic (exact) mass is 207 g/mol. The molecule has 2 nitrogen and oxygen atoms in total. The average molecular weight is 207 g/mol. The summed E-state index contributed by atoms with van der Waals surface area (Å²) in [4.78, 5) is 0. The summed E-state index contributed by atoms with van der Waals surface area (Å²) in [6.07, 6.45) is 1.14. The first-order valence-electron chi connectivity index (χ1n) is 5.29. The lowest BCUT2D eigenvalue weighted by molar-refractivity contribution is 0.0842. The molecule has 1 aliphatic carbocycles. The Balaban J connectivity index is 2.17. The summed E-state index contributed by atoms with van der Waals surface area (Å²) < 4.78 is 24.3. The molecule has 1 fully saturated rings. The van der Waals surface area contributed by atoms with E-state index in [0.717, 1.165) is 25.7 Å². The Bertz CT molecular complexity index is 166. The van der Waals surface area contributed by atoms with E-state index in [-0.39, 0.29) is 6.10 Å². The Labute approximate surface area is 83.7 Å². The molecule has 14 heavy (non-hydrogen) atoms. The molecule has 0 aromatic rings. The van der Waals surface area contributed by atoms with Crippen molar-refractivity contribution in [1.29, 1.82) is 0 Å². The van der Waals surface area contributed by atoms with Crippen molar-refractivity contribution in [3.63, 3.8) is 0 Å². The highest BCUT2D eigenvalue weighted by Crippen LogP contribution is 2.23. The zero-order valence-corrected chi connectivity index (χ0v) is 8.55. The number of aliphatic hydroxyl groups is 1. The molecule has 0 aromatic carbocycles. The van der Waals surface area contributed by atoms with E-state index in [1.807, 2.05) is 0 Å². The molecule has 0 aromatic heterocycles. The van der Waals surface area contributed by atoms with Gasteiger partial charge in [-0.15, -0.1) is 0 Å². The minimum absolute atomic E-state index is 0.225. The van der Waals surface area contributed by atoms with Crippen LogP contribution < -0.4 is 5.32 Å². The second kappa shape index (κ2) is 5.61. The molecule has 0 heterocycles. The van der Waals surface area contributed by atoms with Crippen LogP contribution in [0.5, 0.6) is 0 Å². The van der Waals surface area contributed by atoms with Gasteiger partial charge in [-0.25, -0.2) is 8.78 Å². The maximum atomic E-state index is 12.1. The van der Waals surface area contributed by atoms with Crippen molar-refractivity contribution in [1.82, 2.24) is 5.32 Å². The first kappa shape index (κ1) is 11.9. The van der Waals surface area contributed by atoms with E-state index < -0.39 is 12.5 Å². The maximum Gasteiger partial charge on any atom is 0.253 e. The number of aliphatic hydroxyl groups excluding tert-OH is 1. The number of rotatable bonds is 4. The lowest BCUT2D eigenvalue weighted by Gasteiger charge is -2.27. The summed E-state index contributed by atoms with van der Waals surface area (Å²) in [7, 11) is 0. The summed E-state index contributed by atoms with van der Waals surface area (Å²) in [5.41, 5.74) is 0. The van der Waals surface area contributed by atoms with E-state index in [1.54, 1.807) is 0 Å². The van der Waals surface area contributed by atoms with Crippen molar-refractivity contribution < 1.29 is 13.9 Å². The number of hydrogen-bond donors (Lipinski definition) is 2. The van der Waals surface area contributed by atoms with Gasteiger partial charge in [-0.3, -0.25) is 0 Å². The van der Waals surface area contributed by atoms with Crippen molar-refractivity contribution in [3.8, 4) is 0 Å². The molecule has 1 rings (SSSR count). The minimum Gasteiger partial charge on any atom is -0.393 e. The Kier molecular flexibility index (Phi) is 4.75. The molecule has 4 heteroatoms. The Morgan fingerprint density at radius 2 is 2.14 bits per heavy atom. The predicted octanol–water partition coefficient (Wildman–Crippen LogP) is 1.78. The zero-order chi connectivity index (χ0) is 10.6. The average Bonchev–Trinajstić information content (AvgIpc) is 2.14. The molecular formula is C10H19F2NO. The fourth-order valence-corrected chi connectivity index (χ4v) is 1.89. The molecule has 0 saturated heterocycles. The van der Waals surface area contributed by atoms with Crippen LogP contribution in [0.3, 0.4) is 0 Å². The van der Waals surface area contributed by atoms with E-state index in [4.69, 9.17) is 0 Å². The van der Waals surface area contributed by atoms with Crippen LogP contribution in [0.2, 0.25) is 0 Å². The predicted molar refractivity (Wildman–Crippen MR) is 51.4 cm³/mol. The van der Waals surface area contributed by atoms with E-state index in [9.17, 15) is 13.9 Å². The topological polar surface area (TPSA) is 32.3 Å². The van der Waals surface area contributed by atoms with E-state index in [1.165, 1.54) is 6.92 Å². The van der Waals surface area contributed by atoms with Gasteiger partial charge in [-0.2, -0.15) is 0 Å². The van der Waals surface area contributed by atoms with E-state index in [0.29, 0.717) is 12.5 Å². The molecule has 3 atom stereocenters. The Hall–Kier alpha value is -0.220. The largest absolute Gasteiger partial charge is 0.393 e.